The number of phenolic OH excluding ortho intramolecular Hbond substituents is 2. The summed E-state index contributed by atoms with van der Waals surface area (Å²) in [6, 6.07) is 14.9. The van der Waals surface area contributed by atoms with E-state index in [9.17, 15) is 24.6 Å². The molecule has 0 atom stereocenters. The van der Waals surface area contributed by atoms with Crippen molar-refractivity contribution in [1.29, 1.82) is 0 Å². The van der Waals surface area contributed by atoms with Crippen LogP contribution in [0.15, 0.2) is 60.7 Å². The molecular weight excluding hydrogens is 494 g/mol. The van der Waals surface area contributed by atoms with E-state index in [0.29, 0.717) is 11.1 Å². The molecule has 1 heterocycles. The number of carbonyl (C=O) groups excluding carboxylic acids is 3. The fourth-order valence-corrected chi connectivity index (χ4v) is 3.64. The Bertz CT molecular complexity index is 1550. The summed E-state index contributed by atoms with van der Waals surface area (Å²) in [5.74, 6) is -2.78. The number of methoxy groups -OCH3 is 3. The summed E-state index contributed by atoms with van der Waals surface area (Å²) in [6.07, 6.45) is 0. The molecule has 11 heteroatoms. The quantitative estimate of drug-likeness (QED) is 0.285. The van der Waals surface area contributed by atoms with Gasteiger partial charge < -0.3 is 24.4 Å². The van der Waals surface area contributed by atoms with Crippen molar-refractivity contribution in [3.8, 4) is 45.7 Å². The standard InChI is InChI=1S/C27H21N3O8/c1-36-25(33)15-10-8-14(9-11-15)22-28-23(17-6-4-5-7-19(17)31)30-24(29-22)21-18(27(35)38-3)12-16(13-20(21)32)26(34)37-2/h4-13,31-32H,1-3H3. The molecule has 0 bridgehead atoms. The van der Waals surface area contributed by atoms with Gasteiger partial charge >= 0.3 is 17.9 Å². The molecule has 4 rings (SSSR count). The Morgan fingerprint density at radius 2 is 1.21 bits per heavy atom. The van der Waals surface area contributed by atoms with Crippen LogP contribution < -0.4 is 0 Å². The molecule has 0 radical (unpaired) electrons. The first kappa shape index (κ1) is 25.8. The van der Waals surface area contributed by atoms with Crippen molar-refractivity contribution < 1.29 is 38.8 Å². The number of carbonyl (C=O) groups is 3. The van der Waals surface area contributed by atoms with E-state index in [2.05, 4.69) is 15.0 Å². The normalized spacial score (nSPS) is 10.5. The lowest BCUT2D eigenvalue weighted by atomic mass is 10.0. The fraction of sp³-hybridized carbons (Fsp3) is 0.111. The van der Waals surface area contributed by atoms with E-state index >= 15 is 0 Å². The Kier molecular flexibility index (Phi) is 7.28. The predicted octanol–water partition coefficient (Wildman–Crippen LogP) is 3.64. The van der Waals surface area contributed by atoms with Crippen LogP contribution in [0.4, 0.5) is 0 Å². The van der Waals surface area contributed by atoms with Gasteiger partial charge in [0.1, 0.15) is 11.5 Å². The Balaban J connectivity index is 1.99. The number of ether oxygens (including phenoxy) is 3. The van der Waals surface area contributed by atoms with Gasteiger partial charge in [-0.15, -0.1) is 0 Å². The number of aromatic hydroxyl groups is 2. The van der Waals surface area contributed by atoms with Crippen molar-refractivity contribution in [1.82, 2.24) is 15.0 Å². The Hall–Kier alpha value is -5.32. The lowest BCUT2D eigenvalue weighted by Gasteiger charge is -2.14. The third-order valence-electron chi connectivity index (χ3n) is 5.51. The summed E-state index contributed by atoms with van der Waals surface area (Å²) in [5, 5.41) is 21.3. The first-order valence-electron chi connectivity index (χ1n) is 11.0. The molecule has 2 N–H and O–H groups in total. The number of para-hydroxylation sites is 1. The van der Waals surface area contributed by atoms with Gasteiger partial charge in [-0.3, -0.25) is 0 Å². The Labute approximate surface area is 216 Å². The number of phenols is 2. The van der Waals surface area contributed by atoms with Gasteiger partial charge in [-0.1, -0.05) is 24.3 Å². The Morgan fingerprint density at radius 1 is 0.632 bits per heavy atom. The van der Waals surface area contributed by atoms with Crippen LogP contribution in [0.2, 0.25) is 0 Å². The predicted molar refractivity (Wildman–Crippen MR) is 133 cm³/mol. The molecule has 192 valence electrons. The maximum Gasteiger partial charge on any atom is 0.338 e. The highest BCUT2D eigenvalue weighted by atomic mass is 16.5. The molecule has 0 aliphatic carbocycles. The molecule has 3 aromatic carbocycles. The number of hydrogen-bond donors (Lipinski definition) is 2. The highest BCUT2D eigenvalue weighted by molar-refractivity contribution is 6.02. The second-order valence-electron chi connectivity index (χ2n) is 7.79. The summed E-state index contributed by atoms with van der Waals surface area (Å²) < 4.78 is 14.3. The zero-order valence-electron chi connectivity index (χ0n) is 20.5. The second kappa shape index (κ2) is 10.7. The van der Waals surface area contributed by atoms with Crippen LogP contribution in [0.5, 0.6) is 11.5 Å². The molecule has 0 saturated carbocycles. The molecule has 0 aliphatic heterocycles. The number of nitrogens with zero attached hydrogens (tertiary/aromatic N) is 3. The van der Waals surface area contributed by atoms with Crippen LogP contribution in [-0.2, 0) is 14.2 Å². The maximum atomic E-state index is 12.7. The molecule has 0 spiro atoms. The van der Waals surface area contributed by atoms with Crippen molar-refractivity contribution >= 4 is 17.9 Å². The van der Waals surface area contributed by atoms with E-state index in [1.807, 2.05) is 0 Å². The average Bonchev–Trinajstić information content (AvgIpc) is 2.95. The number of rotatable bonds is 6. The minimum absolute atomic E-state index is 0.0346. The smallest absolute Gasteiger partial charge is 0.338 e. The molecule has 0 fully saturated rings. The van der Waals surface area contributed by atoms with E-state index in [-0.39, 0.29) is 45.5 Å². The van der Waals surface area contributed by atoms with Crippen molar-refractivity contribution in [2.45, 2.75) is 0 Å². The van der Waals surface area contributed by atoms with Crippen LogP contribution >= 0.6 is 0 Å². The van der Waals surface area contributed by atoms with E-state index in [0.717, 1.165) is 20.3 Å². The highest BCUT2D eigenvalue weighted by Gasteiger charge is 2.25. The first-order valence-corrected chi connectivity index (χ1v) is 11.0. The minimum Gasteiger partial charge on any atom is -0.507 e. The number of hydrogen-bond acceptors (Lipinski definition) is 11. The van der Waals surface area contributed by atoms with Gasteiger partial charge in [0.2, 0.25) is 0 Å². The molecule has 11 nitrogen and oxygen atoms in total. The Morgan fingerprint density at radius 3 is 1.84 bits per heavy atom. The van der Waals surface area contributed by atoms with Crippen LogP contribution in [0.25, 0.3) is 34.2 Å². The molecule has 0 aliphatic rings. The number of aromatic nitrogens is 3. The van der Waals surface area contributed by atoms with Crippen LogP contribution in [0, 0.1) is 0 Å². The lowest BCUT2D eigenvalue weighted by molar-refractivity contribution is 0.0587. The molecule has 0 amide bonds. The number of esters is 3. The van der Waals surface area contributed by atoms with Gasteiger partial charge in [0.05, 0.1) is 49.1 Å². The third-order valence-corrected chi connectivity index (χ3v) is 5.51. The van der Waals surface area contributed by atoms with Gasteiger partial charge in [0.15, 0.2) is 17.5 Å². The van der Waals surface area contributed by atoms with Crippen molar-refractivity contribution in [2.75, 3.05) is 21.3 Å². The van der Waals surface area contributed by atoms with Crippen LogP contribution in [0.3, 0.4) is 0 Å². The summed E-state index contributed by atoms with van der Waals surface area (Å²) in [4.78, 5) is 50.0. The molecule has 4 aromatic rings. The average molecular weight is 515 g/mol. The summed E-state index contributed by atoms with van der Waals surface area (Å²) in [5.41, 5.74) is 0.598. The topological polar surface area (TPSA) is 158 Å². The zero-order valence-corrected chi connectivity index (χ0v) is 20.5. The van der Waals surface area contributed by atoms with Gasteiger partial charge in [0.25, 0.3) is 0 Å². The van der Waals surface area contributed by atoms with E-state index in [4.69, 9.17) is 14.2 Å². The third kappa shape index (κ3) is 4.98. The van der Waals surface area contributed by atoms with Gasteiger partial charge in [-0.25, -0.2) is 29.3 Å². The zero-order chi connectivity index (χ0) is 27.4. The summed E-state index contributed by atoms with van der Waals surface area (Å²) >= 11 is 0. The van der Waals surface area contributed by atoms with Crippen molar-refractivity contribution in [3.05, 3.63) is 77.4 Å². The van der Waals surface area contributed by atoms with E-state index in [1.165, 1.54) is 31.4 Å². The SMILES string of the molecule is COC(=O)c1ccc(-c2nc(-c3ccccc3O)nc(-c3c(O)cc(C(=O)OC)cc3C(=O)OC)n2)cc1. The van der Waals surface area contributed by atoms with Crippen LogP contribution in [0.1, 0.15) is 31.1 Å². The van der Waals surface area contributed by atoms with Gasteiger partial charge in [-0.2, -0.15) is 0 Å². The summed E-state index contributed by atoms with van der Waals surface area (Å²) in [7, 11) is 3.57. The minimum atomic E-state index is -0.866. The molecular formula is C27H21N3O8. The number of benzene rings is 3. The van der Waals surface area contributed by atoms with Gasteiger partial charge in [0, 0.05) is 5.56 Å². The van der Waals surface area contributed by atoms with E-state index in [1.54, 1.807) is 30.3 Å². The monoisotopic (exact) mass is 515 g/mol. The lowest BCUT2D eigenvalue weighted by Crippen LogP contribution is -2.10. The molecule has 0 unspecified atom stereocenters. The van der Waals surface area contributed by atoms with Crippen molar-refractivity contribution in [3.63, 3.8) is 0 Å². The largest absolute Gasteiger partial charge is 0.507 e. The fourth-order valence-electron chi connectivity index (χ4n) is 3.64. The van der Waals surface area contributed by atoms with E-state index < -0.39 is 23.7 Å². The van der Waals surface area contributed by atoms with Gasteiger partial charge in [-0.05, 0) is 36.4 Å². The molecule has 0 saturated heterocycles. The first-order chi connectivity index (χ1) is 18.3. The van der Waals surface area contributed by atoms with Crippen LogP contribution in [-0.4, -0.2) is 64.4 Å². The molecule has 1 aromatic heterocycles. The summed E-state index contributed by atoms with van der Waals surface area (Å²) in [6.45, 7) is 0. The van der Waals surface area contributed by atoms with Crippen molar-refractivity contribution in [2.24, 2.45) is 0 Å². The molecule has 38 heavy (non-hydrogen) atoms. The maximum absolute atomic E-state index is 12.7. The second-order valence-corrected chi connectivity index (χ2v) is 7.79. The highest BCUT2D eigenvalue weighted by Crippen LogP contribution is 2.36.